The summed E-state index contributed by atoms with van der Waals surface area (Å²) < 4.78 is 0. The van der Waals surface area contributed by atoms with Gasteiger partial charge in [0.25, 0.3) is 0 Å². The van der Waals surface area contributed by atoms with Gasteiger partial charge in [-0.15, -0.1) is 0 Å². The Balaban J connectivity index is 2.03. The molecule has 3 N–H and O–H groups in total. The Hall–Kier alpha value is -1.35. The van der Waals surface area contributed by atoms with E-state index in [1.165, 1.54) is 17.5 Å². The molecule has 0 aliphatic heterocycles. The maximum Gasteiger partial charge on any atom is 0.225 e. The van der Waals surface area contributed by atoms with Crippen LogP contribution in [0.4, 0.5) is 0 Å². The number of carbonyl (C=O) groups is 1. The summed E-state index contributed by atoms with van der Waals surface area (Å²) in [5, 5.41) is 3.21. The van der Waals surface area contributed by atoms with Gasteiger partial charge in [0.05, 0.1) is 12.0 Å². The molecule has 0 spiro atoms. The maximum atomic E-state index is 12.6. The predicted molar refractivity (Wildman–Crippen MR) is 86.9 cm³/mol. The molecule has 2 rings (SSSR count). The van der Waals surface area contributed by atoms with Gasteiger partial charge in [-0.25, -0.2) is 0 Å². The van der Waals surface area contributed by atoms with Crippen molar-refractivity contribution in [3.63, 3.8) is 0 Å². The van der Waals surface area contributed by atoms with Crippen LogP contribution in [0.15, 0.2) is 24.3 Å². The van der Waals surface area contributed by atoms with Crippen LogP contribution in [-0.2, 0) is 4.79 Å². The van der Waals surface area contributed by atoms with Gasteiger partial charge in [0.15, 0.2) is 0 Å². The van der Waals surface area contributed by atoms with Crippen molar-refractivity contribution in [3.05, 3.63) is 35.4 Å². The SMILES string of the molecule is CCC(NC(=O)C1CCCCCC1N)c1ccc(C)cc1. The monoisotopic (exact) mass is 288 g/mol. The maximum absolute atomic E-state index is 12.6. The van der Waals surface area contributed by atoms with E-state index in [1.807, 2.05) is 0 Å². The lowest BCUT2D eigenvalue weighted by molar-refractivity contribution is -0.126. The van der Waals surface area contributed by atoms with Crippen LogP contribution in [0.25, 0.3) is 0 Å². The zero-order chi connectivity index (χ0) is 15.2. The van der Waals surface area contributed by atoms with Crippen LogP contribution in [0.5, 0.6) is 0 Å². The van der Waals surface area contributed by atoms with Gasteiger partial charge in [-0.05, 0) is 31.7 Å². The summed E-state index contributed by atoms with van der Waals surface area (Å²) in [4.78, 5) is 12.6. The second kappa shape index (κ2) is 7.60. The fraction of sp³-hybridized carbons (Fsp3) is 0.611. The minimum Gasteiger partial charge on any atom is -0.349 e. The molecule has 1 saturated carbocycles. The van der Waals surface area contributed by atoms with Gasteiger partial charge in [0.2, 0.25) is 5.91 Å². The number of benzene rings is 1. The molecule has 116 valence electrons. The highest BCUT2D eigenvalue weighted by Crippen LogP contribution is 2.24. The average Bonchev–Trinajstić information content (AvgIpc) is 2.70. The summed E-state index contributed by atoms with van der Waals surface area (Å²) in [7, 11) is 0. The number of aryl methyl sites for hydroxylation is 1. The molecule has 1 amide bonds. The molecular weight excluding hydrogens is 260 g/mol. The van der Waals surface area contributed by atoms with E-state index in [4.69, 9.17) is 5.73 Å². The Morgan fingerprint density at radius 1 is 1.24 bits per heavy atom. The van der Waals surface area contributed by atoms with Gasteiger partial charge in [-0.1, -0.05) is 56.0 Å². The first-order valence-electron chi connectivity index (χ1n) is 8.24. The van der Waals surface area contributed by atoms with Crippen molar-refractivity contribution < 1.29 is 4.79 Å². The summed E-state index contributed by atoms with van der Waals surface area (Å²) in [5.41, 5.74) is 8.62. The van der Waals surface area contributed by atoms with Crippen molar-refractivity contribution in [3.8, 4) is 0 Å². The molecule has 1 aliphatic rings. The molecule has 21 heavy (non-hydrogen) atoms. The standard InChI is InChI=1S/C18H28N2O/c1-3-17(14-11-9-13(2)10-12-14)20-18(21)15-7-5-4-6-8-16(15)19/h9-12,15-17H,3-8,19H2,1-2H3,(H,20,21). The number of rotatable bonds is 4. The molecule has 0 bridgehead atoms. The Morgan fingerprint density at radius 3 is 2.57 bits per heavy atom. The van der Waals surface area contributed by atoms with E-state index in [1.54, 1.807) is 0 Å². The zero-order valence-corrected chi connectivity index (χ0v) is 13.3. The first-order chi connectivity index (χ1) is 10.1. The largest absolute Gasteiger partial charge is 0.349 e. The molecule has 0 heterocycles. The Morgan fingerprint density at radius 2 is 1.90 bits per heavy atom. The van der Waals surface area contributed by atoms with Crippen LogP contribution < -0.4 is 11.1 Å². The van der Waals surface area contributed by atoms with Crippen LogP contribution in [0.3, 0.4) is 0 Å². The van der Waals surface area contributed by atoms with Crippen molar-refractivity contribution in [2.75, 3.05) is 0 Å². The third kappa shape index (κ3) is 4.31. The number of amides is 1. The van der Waals surface area contributed by atoms with Crippen molar-refractivity contribution in [2.24, 2.45) is 11.7 Å². The number of carbonyl (C=O) groups excluding carboxylic acids is 1. The predicted octanol–water partition coefficient (Wildman–Crippen LogP) is 3.47. The highest BCUT2D eigenvalue weighted by Gasteiger charge is 2.28. The normalized spacial score (nSPS) is 24.1. The van der Waals surface area contributed by atoms with Crippen LogP contribution in [0.2, 0.25) is 0 Å². The van der Waals surface area contributed by atoms with Gasteiger partial charge in [-0.3, -0.25) is 4.79 Å². The molecule has 1 aromatic carbocycles. The highest BCUT2D eigenvalue weighted by atomic mass is 16.2. The second-order valence-electron chi connectivity index (χ2n) is 6.29. The van der Waals surface area contributed by atoms with E-state index in [0.717, 1.165) is 32.1 Å². The van der Waals surface area contributed by atoms with Gasteiger partial charge >= 0.3 is 0 Å². The quantitative estimate of drug-likeness (QED) is 0.834. The van der Waals surface area contributed by atoms with E-state index in [9.17, 15) is 4.79 Å². The van der Waals surface area contributed by atoms with Crippen molar-refractivity contribution in [2.45, 2.75) is 64.5 Å². The van der Waals surface area contributed by atoms with Crippen LogP contribution in [0, 0.1) is 12.8 Å². The minimum absolute atomic E-state index is 0.0167. The van der Waals surface area contributed by atoms with Gasteiger partial charge in [0.1, 0.15) is 0 Å². The summed E-state index contributed by atoms with van der Waals surface area (Å²) in [6.45, 7) is 4.19. The number of nitrogens with two attached hydrogens (primary N) is 1. The summed E-state index contributed by atoms with van der Waals surface area (Å²) in [6, 6.07) is 8.52. The van der Waals surface area contributed by atoms with E-state index in [0.29, 0.717) is 0 Å². The van der Waals surface area contributed by atoms with Crippen LogP contribution in [-0.4, -0.2) is 11.9 Å². The molecule has 1 aromatic rings. The first-order valence-corrected chi connectivity index (χ1v) is 8.24. The molecular formula is C18H28N2O. The Bertz CT molecular complexity index is 455. The summed E-state index contributed by atoms with van der Waals surface area (Å²) in [6.07, 6.45) is 6.27. The molecule has 3 heteroatoms. The van der Waals surface area contributed by atoms with Crippen molar-refractivity contribution in [1.82, 2.24) is 5.32 Å². The molecule has 0 aromatic heterocycles. The van der Waals surface area contributed by atoms with Crippen LogP contribution in [0.1, 0.15) is 62.6 Å². The van der Waals surface area contributed by atoms with Gasteiger partial charge in [-0.2, -0.15) is 0 Å². The first kappa shape index (κ1) is 16.0. The third-order valence-electron chi connectivity index (χ3n) is 4.61. The van der Waals surface area contributed by atoms with E-state index in [-0.39, 0.29) is 23.9 Å². The summed E-state index contributed by atoms with van der Waals surface area (Å²) >= 11 is 0. The van der Waals surface area contributed by atoms with Crippen molar-refractivity contribution >= 4 is 5.91 Å². The topological polar surface area (TPSA) is 55.1 Å². The number of hydrogen-bond donors (Lipinski definition) is 2. The Kier molecular flexibility index (Phi) is 5.80. The molecule has 0 saturated heterocycles. The number of nitrogens with one attached hydrogen (secondary N) is 1. The fourth-order valence-electron chi connectivity index (χ4n) is 3.16. The molecule has 3 nitrogen and oxygen atoms in total. The van der Waals surface area contributed by atoms with Gasteiger partial charge < -0.3 is 11.1 Å². The molecule has 3 unspecified atom stereocenters. The molecule has 3 atom stereocenters. The lowest BCUT2D eigenvalue weighted by Crippen LogP contribution is -2.42. The lowest BCUT2D eigenvalue weighted by Gasteiger charge is -2.24. The van der Waals surface area contributed by atoms with E-state index < -0.39 is 0 Å². The lowest BCUT2D eigenvalue weighted by atomic mass is 9.93. The minimum atomic E-state index is -0.0213. The number of hydrogen-bond acceptors (Lipinski definition) is 2. The van der Waals surface area contributed by atoms with E-state index in [2.05, 4.69) is 43.4 Å². The molecule has 1 fully saturated rings. The third-order valence-corrected chi connectivity index (χ3v) is 4.61. The molecule has 0 radical (unpaired) electrons. The highest BCUT2D eigenvalue weighted by molar-refractivity contribution is 5.79. The zero-order valence-electron chi connectivity index (χ0n) is 13.3. The Labute approximate surface area is 128 Å². The van der Waals surface area contributed by atoms with E-state index >= 15 is 0 Å². The smallest absolute Gasteiger partial charge is 0.225 e. The molecule has 1 aliphatic carbocycles. The van der Waals surface area contributed by atoms with Gasteiger partial charge in [0, 0.05) is 6.04 Å². The average molecular weight is 288 g/mol. The second-order valence-corrected chi connectivity index (χ2v) is 6.29. The summed E-state index contributed by atoms with van der Waals surface area (Å²) in [5.74, 6) is 0.115. The van der Waals surface area contributed by atoms with Crippen LogP contribution >= 0.6 is 0 Å². The fourth-order valence-corrected chi connectivity index (χ4v) is 3.16. The van der Waals surface area contributed by atoms with Crippen molar-refractivity contribution in [1.29, 1.82) is 0 Å².